The lowest BCUT2D eigenvalue weighted by molar-refractivity contribution is -0.136. The summed E-state index contributed by atoms with van der Waals surface area (Å²) in [6, 6.07) is 3.10. The molecule has 0 fully saturated rings. The van der Waals surface area contributed by atoms with Gasteiger partial charge in [0.05, 0.1) is 44.3 Å². The van der Waals surface area contributed by atoms with Crippen LogP contribution in [0.3, 0.4) is 0 Å². The number of aromatic nitrogens is 1. The topological polar surface area (TPSA) is 59.4 Å². The largest absolute Gasteiger partial charge is 0.481 e. The lowest BCUT2D eigenvalue weighted by atomic mass is 10.1. The molecule has 23 heavy (non-hydrogen) atoms. The summed E-state index contributed by atoms with van der Waals surface area (Å²) in [7, 11) is 1.39. The Balaban J connectivity index is 2.70. The van der Waals surface area contributed by atoms with E-state index in [1.165, 1.54) is 13.2 Å². The van der Waals surface area contributed by atoms with Gasteiger partial charge in [0, 0.05) is 11.1 Å². The van der Waals surface area contributed by atoms with Crippen LogP contribution in [0.2, 0.25) is 25.1 Å². The van der Waals surface area contributed by atoms with Crippen molar-refractivity contribution >= 4 is 64.0 Å². The van der Waals surface area contributed by atoms with Gasteiger partial charge in [-0.3, -0.25) is 4.79 Å². The van der Waals surface area contributed by atoms with E-state index in [9.17, 15) is 4.79 Å². The predicted octanol–water partition coefficient (Wildman–Crippen LogP) is 5.65. The van der Waals surface area contributed by atoms with Crippen LogP contribution >= 0.6 is 58.0 Å². The van der Waals surface area contributed by atoms with E-state index < -0.39 is 5.97 Å². The second-order valence-electron chi connectivity index (χ2n) is 4.37. The number of rotatable bonds is 4. The molecule has 9 heteroatoms. The number of pyridine rings is 1. The first kappa shape index (κ1) is 18.4. The zero-order valence-corrected chi connectivity index (χ0v) is 15.2. The zero-order valence-electron chi connectivity index (χ0n) is 11.5. The summed E-state index contributed by atoms with van der Waals surface area (Å²) in [5.74, 6) is -0.872. The van der Waals surface area contributed by atoms with E-state index in [-0.39, 0.29) is 37.4 Å². The molecule has 1 N–H and O–H groups in total. The third kappa shape index (κ3) is 3.62. The molecule has 0 spiro atoms. The average Bonchev–Trinajstić information content (AvgIpc) is 2.51. The third-order valence-electron chi connectivity index (χ3n) is 2.92. The maximum Gasteiger partial charge on any atom is 0.309 e. The number of nitrogens with zero attached hydrogens (tertiary/aromatic N) is 1. The Bertz CT molecular complexity index is 765. The van der Waals surface area contributed by atoms with E-state index in [0.29, 0.717) is 16.8 Å². The van der Waals surface area contributed by atoms with Crippen molar-refractivity contribution in [2.75, 3.05) is 7.11 Å². The first-order valence-corrected chi connectivity index (χ1v) is 7.94. The Labute approximate surface area is 156 Å². The second kappa shape index (κ2) is 7.32. The number of aliphatic carboxylic acids is 1. The average molecular weight is 415 g/mol. The van der Waals surface area contributed by atoms with Gasteiger partial charge in [-0.2, -0.15) is 0 Å². The molecule has 0 amide bonds. The first-order chi connectivity index (χ1) is 10.8. The van der Waals surface area contributed by atoms with Gasteiger partial charge < -0.3 is 9.84 Å². The number of hydrogen-bond donors (Lipinski definition) is 1. The minimum absolute atomic E-state index is 0.0431. The van der Waals surface area contributed by atoms with Crippen molar-refractivity contribution in [3.63, 3.8) is 0 Å². The van der Waals surface area contributed by atoms with E-state index in [1.807, 2.05) is 0 Å². The highest BCUT2D eigenvalue weighted by molar-refractivity contribution is 6.56. The summed E-state index contributed by atoms with van der Waals surface area (Å²) >= 11 is 30.5. The fourth-order valence-corrected chi connectivity index (χ4v) is 3.26. The van der Waals surface area contributed by atoms with Gasteiger partial charge in [0.25, 0.3) is 0 Å². The normalized spacial score (nSPS) is 10.7. The second-order valence-corrected chi connectivity index (χ2v) is 6.26. The molecular formula is C14H8Cl5NO3. The molecule has 0 bridgehead atoms. The SMILES string of the molecule is COc1nc(CC(=O)O)ccc1-c1c(Cl)c(Cl)c(Cl)c(Cl)c1Cl. The lowest BCUT2D eigenvalue weighted by Crippen LogP contribution is -2.04. The van der Waals surface area contributed by atoms with Crippen molar-refractivity contribution in [1.29, 1.82) is 0 Å². The number of methoxy groups -OCH3 is 1. The van der Waals surface area contributed by atoms with Gasteiger partial charge in [0.2, 0.25) is 5.88 Å². The molecule has 0 saturated carbocycles. The van der Waals surface area contributed by atoms with Crippen LogP contribution in [0, 0.1) is 0 Å². The number of carboxylic acid groups (broad SMARTS) is 1. The zero-order chi connectivity index (χ0) is 17.3. The maximum absolute atomic E-state index is 10.8. The van der Waals surface area contributed by atoms with Gasteiger partial charge in [-0.05, 0) is 12.1 Å². The number of hydrogen-bond acceptors (Lipinski definition) is 3. The Hall–Kier alpha value is -0.910. The van der Waals surface area contributed by atoms with Crippen molar-refractivity contribution in [2.24, 2.45) is 0 Å². The van der Waals surface area contributed by atoms with Gasteiger partial charge in [-0.15, -0.1) is 0 Å². The molecule has 2 rings (SSSR count). The van der Waals surface area contributed by atoms with Crippen molar-refractivity contribution in [2.45, 2.75) is 6.42 Å². The predicted molar refractivity (Wildman–Crippen MR) is 92.6 cm³/mol. The highest BCUT2D eigenvalue weighted by Crippen LogP contribution is 2.49. The molecule has 1 heterocycles. The molecule has 1 aromatic carbocycles. The third-order valence-corrected chi connectivity index (χ3v) is 5.20. The minimum atomic E-state index is -1.01. The number of ether oxygens (including phenoxy) is 1. The Morgan fingerprint density at radius 3 is 2.04 bits per heavy atom. The van der Waals surface area contributed by atoms with Gasteiger partial charge in [0.15, 0.2) is 0 Å². The summed E-state index contributed by atoms with van der Waals surface area (Å²) in [4.78, 5) is 14.9. The van der Waals surface area contributed by atoms with Crippen LogP contribution in [0.5, 0.6) is 5.88 Å². The summed E-state index contributed by atoms with van der Waals surface area (Å²) in [5.41, 5.74) is 1.03. The van der Waals surface area contributed by atoms with Gasteiger partial charge in [0.1, 0.15) is 0 Å². The van der Waals surface area contributed by atoms with Crippen molar-refractivity contribution in [3.05, 3.63) is 42.9 Å². The first-order valence-electron chi connectivity index (χ1n) is 6.05. The number of carbonyl (C=O) groups is 1. The van der Waals surface area contributed by atoms with Crippen LogP contribution in [0.1, 0.15) is 5.69 Å². The van der Waals surface area contributed by atoms with E-state index in [0.717, 1.165) is 0 Å². The van der Waals surface area contributed by atoms with Crippen molar-refractivity contribution in [1.82, 2.24) is 4.98 Å². The van der Waals surface area contributed by atoms with Gasteiger partial charge in [-0.25, -0.2) is 4.98 Å². The molecular weight excluding hydrogens is 407 g/mol. The fraction of sp³-hybridized carbons (Fsp3) is 0.143. The van der Waals surface area contributed by atoms with E-state index in [2.05, 4.69) is 4.98 Å². The Morgan fingerprint density at radius 1 is 1.04 bits per heavy atom. The summed E-state index contributed by atoms with van der Waals surface area (Å²) in [5, 5.41) is 9.17. The minimum Gasteiger partial charge on any atom is -0.481 e. The quantitative estimate of drug-likeness (QED) is 0.518. The Kier molecular flexibility index (Phi) is 5.87. The number of benzene rings is 1. The van der Waals surface area contributed by atoms with Crippen molar-refractivity contribution < 1.29 is 14.6 Å². The highest BCUT2D eigenvalue weighted by Gasteiger charge is 2.23. The molecule has 4 nitrogen and oxygen atoms in total. The molecule has 0 radical (unpaired) electrons. The summed E-state index contributed by atoms with van der Waals surface area (Å²) in [6.45, 7) is 0. The van der Waals surface area contributed by atoms with Crippen molar-refractivity contribution in [3.8, 4) is 17.0 Å². The van der Waals surface area contributed by atoms with Gasteiger partial charge in [-0.1, -0.05) is 58.0 Å². The molecule has 2 aromatic rings. The standard InChI is InChI=1S/C14H8Cl5NO3/c1-23-14-6(3-2-5(20-14)4-7(21)22)8-9(15)11(17)13(19)12(18)10(8)16/h2-3H,4H2,1H3,(H,21,22). The van der Waals surface area contributed by atoms with Crippen LogP contribution in [0.15, 0.2) is 12.1 Å². The maximum atomic E-state index is 10.8. The molecule has 0 atom stereocenters. The highest BCUT2D eigenvalue weighted by atomic mass is 35.5. The van der Waals surface area contributed by atoms with E-state index in [1.54, 1.807) is 6.07 Å². The van der Waals surface area contributed by atoms with E-state index >= 15 is 0 Å². The van der Waals surface area contributed by atoms with E-state index in [4.69, 9.17) is 67.8 Å². The molecule has 0 aliphatic heterocycles. The monoisotopic (exact) mass is 413 g/mol. The smallest absolute Gasteiger partial charge is 0.309 e. The van der Waals surface area contributed by atoms with Gasteiger partial charge >= 0.3 is 5.97 Å². The molecule has 1 aromatic heterocycles. The molecule has 0 aliphatic rings. The molecule has 122 valence electrons. The summed E-state index contributed by atoms with van der Waals surface area (Å²) in [6.07, 6.45) is -0.250. The van der Waals surface area contributed by atoms with Crippen LogP contribution in [-0.4, -0.2) is 23.2 Å². The number of halogens is 5. The van der Waals surface area contributed by atoms with Crippen LogP contribution in [0.4, 0.5) is 0 Å². The van der Waals surface area contributed by atoms with Crippen LogP contribution in [-0.2, 0) is 11.2 Å². The molecule has 0 saturated heterocycles. The fourth-order valence-electron chi connectivity index (χ4n) is 1.92. The number of carboxylic acids is 1. The molecule has 0 aliphatic carbocycles. The summed E-state index contributed by atoms with van der Waals surface area (Å²) < 4.78 is 5.20. The van der Waals surface area contributed by atoms with Crippen LogP contribution in [0.25, 0.3) is 11.1 Å². The van der Waals surface area contributed by atoms with Crippen LogP contribution < -0.4 is 4.74 Å². The Morgan fingerprint density at radius 2 is 1.57 bits per heavy atom. The lowest BCUT2D eigenvalue weighted by Gasteiger charge is -2.15. The molecule has 0 unspecified atom stereocenters.